The van der Waals surface area contributed by atoms with Crippen molar-refractivity contribution in [3.63, 3.8) is 0 Å². The van der Waals surface area contributed by atoms with Crippen molar-refractivity contribution in [3.05, 3.63) is 88.7 Å². The second-order valence-corrected chi connectivity index (χ2v) is 8.33. The summed E-state index contributed by atoms with van der Waals surface area (Å²) >= 11 is 0. The first kappa shape index (κ1) is 21.6. The summed E-state index contributed by atoms with van der Waals surface area (Å²) in [6.07, 6.45) is 0.397. The molecule has 3 amide bonds. The van der Waals surface area contributed by atoms with Gasteiger partial charge in [0, 0.05) is 22.6 Å². The summed E-state index contributed by atoms with van der Waals surface area (Å²) in [6, 6.07) is 18.5. The highest BCUT2D eigenvalue weighted by molar-refractivity contribution is 6.11. The standard InChI is InChI=1S/C26H27N3O3/c1-5-26(20-9-7-6-8-10-20)24(31)28(25(32)27-26)16-23(30)22-15-18(3)29(19(22)4)21-13-11-17(2)12-14-21/h6-15H,5,16H2,1-4H3,(H,27,32)/t26-/m1/s1. The van der Waals surface area contributed by atoms with Crippen molar-refractivity contribution < 1.29 is 14.4 Å². The molecule has 1 saturated heterocycles. The fourth-order valence-corrected chi connectivity index (χ4v) is 4.50. The zero-order valence-corrected chi connectivity index (χ0v) is 18.8. The number of urea groups is 1. The van der Waals surface area contributed by atoms with Gasteiger partial charge in [-0.3, -0.25) is 14.5 Å². The minimum Gasteiger partial charge on any atom is -0.319 e. The molecular formula is C26H27N3O3. The van der Waals surface area contributed by atoms with E-state index < -0.39 is 17.5 Å². The quantitative estimate of drug-likeness (QED) is 0.465. The number of aromatic nitrogens is 1. The lowest BCUT2D eigenvalue weighted by Gasteiger charge is -2.25. The van der Waals surface area contributed by atoms with Crippen molar-refractivity contribution in [3.8, 4) is 5.69 Å². The van der Waals surface area contributed by atoms with Gasteiger partial charge in [-0.25, -0.2) is 4.79 Å². The van der Waals surface area contributed by atoms with Crippen LogP contribution in [0.2, 0.25) is 0 Å². The van der Waals surface area contributed by atoms with E-state index in [0.717, 1.165) is 27.5 Å². The number of nitrogens with zero attached hydrogens (tertiary/aromatic N) is 2. The third-order valence-electron chi connectivity index (χ3n) is 6.30. The average Bonchev–Trinajstić information content (AvgIpc) is 3.23. The van der Waals surface area contributed by atoms with Crippen molar-refractivity contribution >= 4 is 17.7 Å². The first-order valence-electron chi connectivity index (χ1n) is 10.8. The Bertz CT molecular complexity index is 1200. The summed E-state index contributed by atoms with van der Waals surface area (Å²) in [5.41, 5.74) is 3.91. The number of amides is 3. The summed E-state index contributed by atoms with van der Waals surface area (Å²) in [5, 5.41) is 2.83. The molecule has 4 rings (SSSR count). The summed E-state index contributed by atoms with van der Waals surface area (Å²) in [7, 11) is 0. The normalized spacial score (nSPS) is 18.2. The largest absolute Gasteiger partial charge is 0.325 e. The number of ketones is 1. The third-order valence-corrected chi connectivity index (χ3v) is 6.30. The predicted molar refractivity (Wildman–Crippen MR) is 123 cm³/mol. The van der Waals surface area contributed by atoms with Crippen molar-refractivity contribution in [1.82, 2.24) is 14.8 Å². The van der Waals surface area contributed by atoms with Crippen LogP contribution in [-0.4, -0.2) is 33.7 Å². The van der Waals surface area contributed by atoms with Gasteiger partial charge in [-0.15, -0.1) is 0 Å². The molecule has 1 aliphatic heterocycles. The molecule has 1 N–H and O–H groups in total. The highest BCUT2D eigenvalue weighted by atomic mass is 16.2. The van der Waals surface area contributed by atoms with Gasteiger partial charge in [0.1, 0.15) is 5.54 Å². The third kappa shape index (κ3) is 3.42. The van der Waals surface area contributed by atoms with Crippen LogP contribution in [0.1, 0.15) is 46.2 Å². The van der Waals surface area contributed by atoms with Crippen LogP contribution in [0.25, 0.3) is 5.69 Å². The summed E-state index contributed by atoms with van der Waals surface area (Å²) < 4.78 is 2.01. The lowest BCUT2D eigenvalue weighted by Crippen LogP contribution is -2.43. The van der Waals surface area contributed by atoms with Crippen molar-refractivity contribution in [1.29, 1.82) is 0 Å². The fourth-order valence-electron chi connectivity index (χ4n) is 4.50. The molecule has 0 saturated carbocycles. The van der Waals surface area contributed by atoms with E-state index in [9.17, 15) is 14.4 Å². The Hall–Kier alpha value is -3.67. The summed E-state index contributed by atoms with van der Waals surface area (Å²) in [5.74, 6) is -0.656. The van der Waals surface area contributed by atoms with Gasteiger partial charge in [-0.1, -0.05) is 55.0 Å². The topological polar surface area (TPSA) is 71.4 Å². The summed E-state index contributed by atoms with van der Waals surface area (Å²) in [6.45, 7) is 7.41. The van der Waals surface area contributed by atoms with Gasteiger partial charge in [0.05, 0.1) is 6.54 Å². The van der Waals surface area contributed by atoms with E-state index in [4.69, 9.17) is 0 Å². The number of Topliss-reactive ketones (excluding diaryl/α,β-unsaturated/α-hetero) is 1. The number of nitrogens with one attached hydrogen (secondary N) is 1. The molecule has 1 aromatic heterocycles. The van der Waals surface area contributed by atoms with Gasteiger partial charge in [0.2, 0.25) is 0 Å². The number of aryl methyl sites for hydroxylation is 2. The van der Waals surface area contributed by atoms with Crippen molar-refractivity contribution in [2.75, 3.05) is 6.54 Å². The van der Waals surface area contributed by atoms with Gasteiger partial charge < -0.3 is 9.88 Å². The Morgan fingerprint density at radius 1 is 0.969 bits per heavy atom. The number of hydrogen-bond donors (Lipinski definition) is 1. The van der Waals surface area contributed by atoms with Crippen LogP contribution >= 0.6 is 0 Å². The average molecular weight is 430 g/mol. The second-order valence-electron chi connectivity index (χ2n) is 8.33. The van der Waals surface area contributed by atoms with Crippen LogP contribution in [0.15, 0.2) is 60.7 Å². The van der Waals surface area contributed by atoms with Gasteiger partial charge in [0.25, 0.3) is 5.91 Å². The first-order valence-corrected chi connectivity index (χ1v) is 10.8. The van der Waals surface area contributed by atoms with E-state index in [-0.39, 0.29) is 12.3 Å². The van der Waals surface area contributed by atoms with Crippen LogP contribution in [0.3, 0.4) is 0 Å². The lowest BCUT2D eigenvalue weighted by atomic mass is 9.87. The highest BCUT2D eigenvalue weighted by Gasteiger charge is 2.51. The first-order chi connectivity index (χ1) is 15.3. The molecule has 6 nitrogen and oxygen atoms in total. The summed E-state index contributed by atoms with van der Waals surface area (Å²) in [4.78, 5) is 40.3. The molecule has 1 aliphatic rings. The number of carbonyl (C=O) groups is 3. The molecule has 1 fully saturated rings. The van der Waals surface area contributed by atoms with E-state index in [1.54, 1.807) is 0 Å². The zero-order chi connectivity index (χ0) is 23.0. The zero-order valence-electron chi connectivity index (χ0n) is 18.8. The fraction of sp³-hybridized carbons (Fsp3) is 0.269. The maximum atomic E-state index is 13.3. The van der Waals surface area contributed by atoms with Crippen LogP contribution in [-0.2, 0) is 10.3 Å². The number of benzene rings is 2. The van der Waals surface area contributed by atoms with E-state index >= 15 is 0 Å². The molecule has 2 heterocycles. The molecule has 0 bridgehead atoms. The van der Waals surface area contributed by atoms with Gasteiger partial charge >= 0.3 is 6.03 Å². The number of rotatable bonds is 6. The molecule has 0 unspecified atom stereocenters. The molecule has 3 aromatic rings. The molecule has 0 radical (unpaired) electrons. The Labute approximate surface area is 187 Å². The monoisotopic (exact) mass is 429 g/mol. The van der Waals surface area contributed by atoms with Gasteiger partial charge in [-0.2, -0.15) is 0 Å². The lowest BCUT2D eigenvalue weighted by molar-refractivity contribution is -0.131. The Morgan fingerprint density at radius 2 is 1.62 bits per heavy atom. The molecule has 2 aromatic carbocycles. The Balaban J connectivity index is 1.62. The minimum absolute atomic E-state index is 0.264. The predicted octanol–water partition coefficient (Wildman–Crippen LogP) is 4.44. The van der Waals surface area contributed by atoms with Gasteiger partial charge in [-0.05, 0) is 51.0 Å². The Kier molecular flexibility index (Phi) is 5.46. The number of carbonyl (C=O) groups excluding carboxylic acids is 3. The van der Waals surface area contributed by atoms with Crippen LogP contribution in [0.4, 0.5) is 4.79 Å². The van der Waals surface area contributed by atoms with Crippen molar-refractivity contribution in [2.45, 2.75) is 39.7 Å². The maximum absolute atomic E-state index is 13.3. The van der Waals surface area contributed by atoms with E-state index in [1.807, 2.05) is 92.9 Å². The molecule has 164 valence electrons. The maximum Gasteiger partial charge on any atom is 0.325 e. The number of imide groups is 1. The van der Waals surface area contributed by atoms with E-state index in [2.05, 4.69) is 5.32 Å². The number of hydrogen-bond acceptors (Lipinski definition) is 3. The Morgan fingerprint density at radius 3 is 2.25 bits per heavy atom. The molecule has 0 aliphatic carbocycles. The smallest absolute Gasteiger partial charge is 0.319 e. The molecule has 1 atom stereocenters. The van der Waals surface area contributed by atoms with Crippen LogP contribution in [0.5, 0.6) is 0 Å². The van der Waals surface area contributed by atoms with E-state index in [1.165, 1.54) is 0 Å². The minimum atomic E-state index is -1.14. The second kappa shape index (κ2) is 8.11. The molecule has 32 heavy (non-hydrogen) atoms. The van der Waals surface area contributed by atoms with Crippen LogP contribution in [0, 0.1) is 20.8 Å². The van der Waals surface area contributed by atoms with Gasteiger partial charge in [0.15, 0.2) is 5.78 Å². The van der Waals surface area contributed by atoms with Crippen molar-refractivity contribution in [2.24, 2.45) is 0 Å². The molecule has 0 spiro atoms. The van der Waals surface area contributed by atoms with Crippen LogP contribution < -0.4 is 5.32 Å². The highest BCUT2D eigenvalue weighted by Crippen LogP contribution is 2.32. The van der Waals surface area contributed by atoms with E-state index in [0.29, 0.717) is 17.5 Å². The molecular weight excluding hydrogens is 402 g/mol. The SMILES string of the molecule is CC[C@]1(c2ccccc2)NC(=O)N(CC(=O)c2cc(C)n(-c3ccc(C)cc3)c2C)C1=O. The molecule has 6 heteroatoms.